The molecule has 11 heteroatoms. The highest BCUT2D eigenvalue weighted by Crippen LogP contribution is 2.29. The number of piperazine rings is 1. The Labute approximate surface area is 223 Å². The Balaban J connectivity index is 1.43. The standard InChI is InChI=1S/C27H36N8O3/c1-20-16-21(17-28)6-7-24(20)32-12-14-33(15-13-32)26(37)22-8-11-35(18-23(22)25(36)31-38)27(30-19-29)34-9-4-2-3-5-10-34/h6-7,16,22-23,38H,2-5,8-15,18H2,1H3,(H,31,36). The summed E-state index contributed by atoms with van der Waals surface area (Å²) in [5.74, 6) is -1.43. The number of benzene rings is 1. The minimum atomic E-state index is -0.754. The number of anilines is 1. The third-order valence-corrected chi connectivity index (χ3v) is 7.96. The van der Waals surface area contributed by atoms with Crippen LogP contribution in [0.15, 0.2) is 23.2 Å². The molecule has 0 radical (unpaired) electrons. The Hall–Kier alpha value is -3.83. The largest absolute Gasteiger partial charge is 0.368 e. The molecule has 0 aromatic heterocycles. The Kier molecular flexibility index (Phi) is 9.03. The lowest BCUT2D eigenvalue weighted by Gasteiger charge is -2.43. The minimum absolute atomic E-state index is 0.0806. The average Bonchev–Trinajstić information content (AvgIpc) is 3.24. The van der Waals surface area contributed by atoms with Gasteiger partial charge in [0.15, 0.2) is 0 Å². The summed E-state index contributed by atoms with van der Waals surface area (Å²) < 4.78 is 0. The van der Waals surface area contributed by atoms with Gasteiger partial charge in [0.2, 0.25) is 24.0 Å². The summed E-state index contributed by atoms with van der Waals surface area (Å²) in [5.41, 5.74) is 4.46. The molecule has 38 heavy (non-hydrogen) atoms. The molecule has 1 aromatic rings. The van der Waals surface area contributed by atoms with Crippen LogP contribution in [0.4, 0.5) is 5.69 Å². The predicted molar refractivity (Wildman–Crippen MR) is 141 cm³/mol. The van der Waals surface area contributed by atoms with Gasteiger partial charge >= 0.3 is 0 Å². The van der Waals surface area contributed by atoms with Gasteiger partial charge in [-0.3, -0.25) is 14.8 Å². The molecule has 3 aliphatic heterocycles. The molecule has 0 bridgehead atoms. The second-order valence-electron chi connectivity index (χ2n) is 10.3. The van der Waals surface area contributed by atoms with Gasteiger partial charge in [-0.2, -0.15) is 10.5 Å². The fourth-order valence-electron chi connectivity index (χ4n) is 5.92. The van der Waals surface area contributed by atoms with Crippen molar-refractivity contribution in [1.29, 1.82) is 10.5 Å². The lowest BCUT2D eigenvalue weighted by Crippen LogP contribution is -2.58. The highest BCUT2D eigenvalue weighted by molar-refractivity contribution is 5.89. The molecule has 0 saturated carbocycles. The van der Waals surface area contributed by atoms with Crippen LogP contribution in [0.5, 0.6) is 0 Å². The Morgan fingerprint density at radius 1 is 0.947 bits per heavy atom. The van der Waals surface area contributed by atoms with Crippen molar-refractivity contribution in [3.63, 3.8) is 0 Å². The Morgan fingerprint density at radius 3 is 2.26 bits per heavy atom. The number of nitrogens with zero attached hydrogens (tertiary/aromatic N) is 7. The average molecular weight is 521 g/mol. The van der Waals surface area contributed by atoms with E-state index in [0.29, 0.717) is 50.7 Å². The normalized spacial score (nSPS) is 22.8. The van der Waals surface area contributed by atoms with Crippen molar-refractivity contribution in [1.82, 2.24) is 20.2 Å². The number of nitriles is 2. The first-order valence-electron chi connectivity index (χ1n) is 13.4. The molecule has 2 N–H and O–H groups in total. The molecule has 3 heterocycles. The SMILES string of the molecule is Cc1cc(C#N)ccc1N1CCN(C(=O)C2CCN(C(=NC#N)N3CCCCCC3)CC2C(=O)NO)CC1. The second-order valence-corrected chi connectivity index (χ2v) is 10.3. The number of hydrogen-bond donors (Lipinski definition) is 2. The fourth-order valence-corrected chi connectivity index (χ4v) is 5.92. The van der Waals surface area contributed by atoms with Gasteiger partial charge in [0.1, 0.15) is 0 Å². The van der Waals surface area contributed by atoms with Crippen LogP contribution in [0.25, 0.3) is 0 Å². The molecule has 2 amide bonds. The van der Waals surface area contributed by atoms with Gasteiger partial charge in [-0.25, -0.2) is 5.48 Å². The number of likely N-dealkylation sites (tertiary alicyclic amines) is 2. The van der Waals surface area contributed by atoms with E-state index in [4.69, 9.17) is 5.26 Å². The second kappa shape index (κ2) is 12.6. The Bertz CT molecular complexity index is 1120. The molecular weight excluding hydrogens is 484 g/mol. The fraction of sp³-hybridized carbons (Fsp3) is 0.593. The molecule has 2 unspecified atom stereocenters. The summed E-state index contributed by atoms with van der Waals surface area (Å²) in [6.45, 7) is 6.68. The van der Waals surface area contributed by atoms with E-state index < -0.39 is 17.7 Å². The van der Waals surface area contributed by atoms with Crippen molar-refractivity contribution in [2.45, 2.75) is 39.0 Å². The molecule has 0 aliphatic carbocycles. The van der Waals surface area contributed by atoms with Crippen LogP contribution in [0, 0.1) is 41.5 Å². The number of hydroxylamine groups is 1. The third-order valence-electron chi connectivity index (χ3n) is 7.96. The number of carbonyl (C=O) groups excluding carboxylic acids is 2. The van der Waals surface area contributed by atoms with E-state index in [1.807, 2.05) is 35.0 Å². The van der Waals surface area contributed by atoms with Crippen LogP contribution >= 0.6 is 0 Å². The van der Waals surface area contributed by atoms with Crippen LogP contribution in [0.3, 0.4) is 0 Å². The number of carbonyl (C=O) groups is 2. The first-order valence-corrected chi connectivity index (χ1v) is 13.4. The first kappa shape index (κ1) is 27.2. The number of aliphatic imine (C=N–C) groups is 1. The maximum absolute atomic E-state index is 13.6. The van der Waals surface area contributed by atoms with Crippen LogP contribution in [0.2, 0.25) is 0 Å². The molecule has 202 valence electrons. The lowest BCUT2D eigenvalue weighted by molar-refractivity contribution is -0.147. The van der Waals surface area contributed by atoms with E-state index in [1.165, 1.54) is 0 Å². The summed E-state index contributed by atoms with van der Waals surface area (Å²) in [6, 6.07) is 7.79. The number of nitrogens with one attached hydrogen (secondary N) is 1. The zero-order valence-electron chi connectivity index (χ0n) is 22.0. The maximum Gasteiger partial charge on any atom is 0.249 e. The molecule has 3 fully saturated rings. The van der Waals surface area contributed by atoms with Crippen LogP contribution in [-0.4, -0.2) is 90.0 Å². The minimum Gasteiger partial charge on any atom is -0.368 e. The van der Waals surface area contributed by atoms with Crippen molar-refractivity contribution in [3.05, 3.63) is 29.3 Å². The van der Waals surface area contributed by atoms with E-state index >= 15 is 0 Å². The van der Waals surface area contributed by atoms with Gasteiger partial charge in [0.05, 0.1) is 23.5 Å². The van der Waals surface area contributed by atoms with Crippen molar-refractivity contribution < 1.29 is 14.8 Å². The third kappa shape index (κ3) is 6.00. The van der Waals surface area contributed by atoms with E-state index in [9.17, 15) is 20.1 Å². The zero-order chi connectivity index (χ0) is 27.1. The van der Waals surface area contributed by atoms with Crippen LogP contribution in [-0.2, 0) is 9.59 Å². The summed E-state index contributed by atoms with van der Waals surface area (Å²) in [4.78, 5) is 38.5. The number of rotatable bonds is 3. The molecule has 4 rings (SSSR count). The van der Waals surface area contributed by atoms with Gasteiger partial charge in [-0.05, 0) is 49.9 Å². The van der Waals surface area contributed by atoms with Crippen molar-refractivity contribution in [2.75, 3.05) is 57.3 Å². The van der Waals surface area contributed by atoms with E-state index in [2.05, 4.69) is 20.9 Å². The van der Waals surface area contributed by atoms with Gasteiger partial charge in [-0.15, -0.1) is 4.99 Å². The number of piperidine rings is 1. The molecule has 3 saturated heterocycles. The van der Waals surface area contributed by atoms with Gasteiger partial charge in [0.25, 0.3) is 0 Å². The smallest absolute Gasteiger partial charge is 0.249 e. The summed E-state index contributed by atoms with van der Waals surface area (Å²) >= 11 is 0. The van der Waals surface area contributed by atoms with Crippen LogP contribution in [0.1, 0.15) is 43.2 Å². The molecular formula is C27H36N8O3. The monoisotopic (exact) mass is 520 g/mol. The van der Waals surface area contributed by atoms with E-state index in [-0.39, 0.29) is 12.5 Å². The maximum atomic E-state index is 13.6. The molecule has 3 aliphatic rings. The summed E-state index contributed by atoms with van der Waals surface area (Å²) in [6.07, 6.45) is 6.67. The van der Waals surface area contributed by atoms with Gasteiger partial charge in [-0.1, -0.05) is 12.8 Å². The Morgan fingerprint density at radius 2 is 1.66 bits per heavy atom. The highest BCUT2D eigenvalue weighted by atomic mass is 16.5. The topological polar surface area (TPSA) is 139 Å². The van der Waals surface area contributed by atoms with Crippen molar-refractivity contribution in [2.24, 2.45) is 16.8 Å². The van der Waals surface area contributed by atoms with Crippen LogP contribution < -0.4 is 10.4 Å². The summed E-state index contributed by atoms with van der Waals surface area (Å²) in [5, 5.41) is 28.0. The van der Waals surface area contributed by atoms with E-state index in [0.717, 1.165) is 50.0 Å². The molecule has 0 spiro atoms. The first-order chi connectivity index (χ1) is 18.5. The predicted octanol–water partition coefficient (Wildman–Crippen LogP) is 1.67. The summed E-state index contributed by atoms with van der Waals surface area (Å²) in [7, 11) is 0. The highest BCUT2D eigenvalue weighted by Gasteiger charge is 2.42. The van der Waals surface area contributed by atoms with Crippen molar-refractivity contribution in [3.8, 4) is 12.3 Å². The molecule has 2 atom stereocenters. The number of guanidine groups is 1. The van der Waals surface area contributed by atoms with Crippen molar-refractivity contribution >= 4 is 23.5 Å². The number of hydrogen-bond acceptors (Lipinski definition) is 7. The van der Waals surface area contributed by atoms with Gasteiger partial charge < -0.3 is 19.6 Å². The lowest BCUT2D eigenvalue weighted by atomic mass is 9.83. The zero-order valence-corrected chi connectivity index (χ0v) is 22.0. The molecule has 11 nitrogen and oxygen atoms in total. The number of aryl methyl sites for hydroxylation is 1. The van der Waals surface area contributed by atoms with E-state index in [1.54, 1.807) is 11.5 Å². The number of amides is 2. The molecule has 1 aromatic carbocycles. The van der Waals surface area contributed by atoms with Gasteiger partial charge in [0, 0.05) is 58.0 Å². The quantitative estimate of drug-likeness (QED) is 0.202.